The molecule has 0 radical (unpaired) electrons. The zero-order valence-corrected chi connectivity index (χ0v) is 27.0. The lowest BCUT2D eigenvalue weighted by atomic mass is 10.0. The van der Waals surface area contributed by atoms with Crippen LogP contribution in [-0.2, 0) is 4.79 Å². The van der Waals surface area contributed by atoms with Crippen LogP contribution in [0.2, 0.25) is 0 Å². The van der Waals surface area contributed by atoms with E-state index in [1.54, 1.807) is 0 Å². The van der Waals surface area contributed by atoms with Crippen LogP contribution >= 0.6 is 0 Å². The van der Waals surface area contributed by atoms with E-state index in [2.05, 4.69) is 13.8 Å². The Labute approximate surface area is 241 Å². The minimum atomic E-state index is 0.359. The number of carbonyl (C=O) groups excluding carboxylic acids is 1. The van der Waals surface area contributed by atoms with Gasteiger partial charge >= 0.3 is 0 Å². The summed E-state index contributed by atoms with van der Waals surface area (Å²) in [6.45, 7) is 5.51. The van der Waals surface area contributed by atoms with Crippen LogP contribution in [0.1, 0.15) is 213 Å². The summed E-state index contributed by atoms with van der Waals surface area (Å²) in [6.07, 6.45) is 42.6. The minimum Gasteiger partial charge on any atom is -0.346 e. The third-order valence-electron chi connectivity index (χ3n) is 8.52. The number of hydrogen-bond acceptors (Lipinski definition) is 1. The van der Waals surface area contributed by atoms with E-state index >= 15 is 0 Å². The molecule has 0 saturated carbocycles. The van der Waals surface area contributed by atoms with Crippen molar-refractivity contribution >= 4 is 5.91 Å². The molecule has 0 spiro atoms. The lowest BCUT2D eigenvalue weighted by Crippen LogP contribution is -2.27. The molecule has 0 heterocycles. The lowest BCUT2D eigenvalue weighted by molar-refractivity contribution is -0.130. The molecule has 0 bridgehead atoms. The summed E-state index contributed by atoms with van der Waals surface area (Å²) in [5.41, 5.74) is 0. The first-order chi connectivity index (χ1) is 18.7. The molecule has 0 atom stereocenters. The molecule has 0 aliphatic rings. The summed E-state index contributed by atoms with van der Waals surface area (Å²) in [4.78, 5) is 14.2. The molecule has 0 rings (SSSR count). The second kappa shape index (κ2) is 32.7. The number of nitrogens with zero attached hydrogens (tertiary/aromatic N) is 1. The van der Waals surface area contributed by atoms with Crippen LogP contribution in [-0.4, -0.2) is 24.4 Å². The van der Waals surface area contributed by atoms with Gasteiger partial charge in [-0.1, -0.05) is 194 Å². The van der Waals surface area contributed by atoms with Crippen LogP contribution in [0, 0.1) is 0 Å². The normalized spacial score (nSPS) is 11.3. The molecule has 0 aromatic rings. The highest BCUT2D eigenvalue weighted by atomic mass is 16.2. The van der Waals surface area contributed by atoms with Gasteiger partial charge in [0.25, 0.3) is 0 Å². The molecule has 2 heteroatoms. The van der Waals surface area contributed by atoms with Gasteiger partial charge in [-0.25, -0.2) is 0 Å². The Bertz CT molecular complexity index is 449. The quantitative estimate of drug-likeness (QED) is 0.0784. The molecule has 0 fully saturated rings. The molecular formula is C36H73NO. The fourth-order valence-electron chi connectivity index (χ4n) is 5.68. The van der Waals surface area contributed by atoms with Crippen molar-refractivity contribution in [2.45, 2.75) is 213 Å². The van der Waals surface area contributed by atoms with Gasteiger partial charge in [0.2, 0.25) is 5.91 Å². The molecule has 1 amide bonds. The molecule has 0 aromatic carbocycles. The van der Waals surface area contributed by atoms with E-state index < -0.39 is 0 Å². The SMILES string of the molecule is CCCCCCCCCCCCCCCCCCCCCCCCCCC(=O)N(C)CCCCCCCC. The summed E-state index contributed by atoms with van der Waals surface area (Å²) >= 11 is 0. The third kappa shape index (κ3) is 30.0. The van der Waals surface area contributed by atoms with Crippen LogP contribution in [0.25, 0.3) is 0 Å². The van der Waals surface area contributed by atoms with Crippen LogP contribution < -0.4 is 0 Å². The maximum atomic E-state index is 12.3. The number of unbranched alkanes of at least 4 members (excludes halogenated alkanes) is 28. The first kappa shape index (κ1) is 37.5. The van der Waals surface area contributed by atoms with Crippen molar-refractivity contribution in [3.63, 3.8) is 0 Å². The predicted octanol–water partition coefficient (Wildman–Crippen LogP) is 12.6. The Hall–Kier alpha value is -0.530. The fraction of sp³-hybridized carbons (Fsp3) is 0.972. The van der Waals surface area contributed by atoms with E-state index in [4.69, 9.17) is 0 Å². The highest BCUT2D eigenvalue weighted by molar-refractivity contribution is 5.75. The second-order valence-electron chi connectivity index (χ2n) is 12.5. The van der Waals surface area contributed by atoms with Crippen LogP contribution in [0.5, 0.6) is 0 Å². The van der Waals surface area contributed by atoms with Gasteiger partial charge in [-0.3, -0.25) is 4.79 Å². The van der Waals surface area contributed by atoms with Crippen molar-refractivity contribution in [3.8, 4) is 0 Å². The van der Waals surface area contributed by atoms with Gasteiger partial charge in [-0.2, -0.15) is 0 Å². The Balaban J connectivity index is 3.18. The zero-order chi connectivity index (χ0) is 27.8. The van der Waals surface area contributed by atoms with E-state index in [0.717, 1.165) is 19.4 Å². The lowest BCUT2D eigenvalue weighted by Gasteiger charge is -2.17. The van der Waals surface area contributed by atoms with Crippen molar-refractivity contribution < 1.29 is 4.79 Å². The molecule has 0 unspecified atom stereocenters. The average molecular weight is 536 g/mol. The highest BCUT2D eigenvalue weighted by Crippen LogP contribution is 2.16. The summed E-state index contributed by atoms with van der Waals surface area (Å²) in [5.74, 6) is 0.359. The second-order valence-corrected chi connectivity index (χ2v) is 12.5. The van der Waals surface area contributed by atoms with Crippen molar-refractivity contribution in [2.75, 3.05) is 13.6 Å². The molecule has 228 valence electrons. The Morgan fingerprint density at radius 2 is 0.605 bits per heavy atom. The van der Waals surface area contributed by atoms with E-state index in [0.29, 0.717) is 5.91 Å². The number of rotatable bonds is 32. The molecule has 0 aliphatic carbocycles. The Morgan fingerprint density at radius 3 is 0.895 bits per heavy atom. The molecule has 2 nitrogen and oxygen atoms in total. The van der Waals surface area contributed by atoms with E-state index in [1.807, 2.05) is 11.9 Å². The summed E-state index contributed by atoms with van der Waals surface area (Å²) in [6, 6.07) is 0. The number of amides is 1. The minimum absolute atomic E-state index is 0.359. The number of hydrogen-bond donors (Lipinski definition) is 0. The maximum absolute atomic E-state index is 12.3. The van der Waals surface area contributed by atoms with Gasteiger partial charge in [-0.05, 0) is 12.8 Å². The van der Waals surface area contributed by atoms with Crippen LogP contribution in [0.15, 0.2) is 0 Å². The number of carbonyl (C=O) groups is 1. The van der Waals surface area contributed by atoms with Crippen molar-refractivity contribution in [1.82, 2.24) is 4.90 Å². The summed E-state index contributed by atoms with van der Waals surface area (Å²) in [7, 11) is 1.99. The fourth-order valence-corrected chi connectivity index (χ4v) is 5.68. The first-order valence-corrected chi connectivity index (χ1v) is 18.0. The molecule has 38 heavy (non-hydrogen) atoms. The summed E-state index contributed by atoms with van der Waals surface area (Å²) in [5, 5.41) is 0. The average Bonchev–Trinajstić information content (AvgIpc) is 2.92. The Kier molecular flexibility index (Phi) is 32.2. The predicted molar refractivity (Wildman–Crippen MR) is 172 cm³/mol. The van der Waals surface area contributed by atoms with Gasteiger partial charge in [-0.15, -0.1) is 0 Å². The molecule has 0 aromatic heterocycles. The van der Waals surface area contributed by atoms with Gasteiger partial charge < -0.3 is 4.90 Å². The molecule has 0 saturated heterocycles. The van der Waals surface area contributed by atoms with Crippen molar-refractivity contribution in [2.24, 2.45) is 0 Å². The van der Waals surface area contributed by atoms with E-state index in [9.17, 15) is 4.79 Å². The third-order valence-corrected chi connectivity index (χ3v) is 8.52. The molecule has 0 N–H and O–H groups in total. The highest BCUT2D eigenvalue weighted by Gasteiger charge is 2.07. The van der Waals surface area contributed by atoms with Crippen molar-refractivity contribution in [3.05, 3.63) is 0 Å². The summed E-state index contributed by atoms with van der Waals surface area (Å²) < 4.78 is 0. The maximum Gasteiger partial charge on any atom is 0.222 e. The van der Waals surface area contributed by atoms with Gasteiger partial charge in [0.1, 0.15) is 0 Å². The van der Waals surface area contributed by atoms with Crippen LogP contribution in [0.4, 0.5) is 0 Å². The van der Waals surface area contributed by atoms with Crippen molar-refractivity contribution in [1.29, 1.82) is 0 Å². The van der Waals surface area contributed by atoms with Crippen LogP contribution in [0.3, 0.4) is 0 Å². The van der Waals surface area contributed by atoms with Gasteiger partial charge in [0.15, 0.2) is 0 Å². The largest absolute Gasteiger partial charge is 0.346 e. The van der Waals surface area contributed by atoms with E-state index in [1.165, 1.54) is 186 Å². The smallest absolute Gasteiger partial charge is 0.222 e. The monoisotopic (exact) mass is 536 g/mol. The first-order valence-electron chi connectivity index (χ1n) is 18.0. The molecular weight excluding hydrogens is 462 g/mol. The van der Waals surface area contributed by atoms with Gasteiger partial charge in [0, 0.05) is 20.0 Å². The standard InChI is InChI=1S/C36H73NO/c1-4-6-8-10-12-13-14-15-16-17-18-19-20-21-22-23-24-25-26-27-28-29-30-32-34-36(38)37(3)35-33-31-11-9-7-5-2/h4-35H2,1-3H3. The zero-order valence-electron chi connectivity index (χ0n) is 27.0. The molecule has 0 aliphatic heterocycles. The Morgan fingerprint density at radius 1 is 0.368 bits per heavy atom. The topological polar surface area (TPSA) is 20.3 Å². The van der Waals surface area contributed by atoms with Gasteiger partial charge in [0.05, 0.1) is 0 Å². The van der Waals surface area contributed by atoms with E-state index in [-0.39, 0.29) is 0 Å².